The largest absolute Gasteiger partial charge is 0.481 e. The third-order valence-electron chi connectivity index (χ3n) is 2.69. The highest BCUT2D eigenvalue weighted by molar-refractivity contribution is 5.69. The van der Waals surface area contributed by atoms with Crippen molar-refractivity contribution in [2.75, 3.05) is 0 Å². The lowest BCUT2D eigenvalue weighted by Crippen LogP contribution is -2.07. The number of carboxylic acids is 1. The van der Waals surface area contributed by atoms with E-state index in [4.69, 9.17) is 5.11 Å². The Morgan fingerprint density at radius 3 is 2.24 bits per heavy atom. The van der Waals surface area contributed by atoms with Crippen LogP contribution in [-0.2, 0) is 4.79 Å². The molecule has 0 radical (unpaired) electrons. The Morgan fingerprint density at radius 1 is 1.06 bits per heavy atom. The van der Waals surface area contributed by atoms with Gasteiger partial charge in [-0.3, -0.25) is 9.78 Å². The minimum atomic E-state index is -0.796. The first-order valence-electron chi connectivity index (χ1n) is 5.44. The van der Waals surface area contributed by atoms with E-state index in [-0.39, 0.29) is 12.3 Å². The van der Waals surface area contributed by atoms with Crippen LogP contribution in [-0.4, -0.2) is 16.1 Å². The molecule has 17 heavy (non-hydrogen) atoms. The predicted octanol–water partition coefficient (Wildman–Crippen LogP) is 2.69. The van der Waals surface area contributed by atoms with Gasteiger partial charge in [-0.25, -0.2) is 0 Å². The molecule has 0 amide bonds. The van der Waals surface area contributed by atoms with Crippen LogP contribution in [0.25, 0.3) is 0 Å². The van der Waals surface area contributed by atoms with E-state index in [2.05, 4.69) is 4.98 Å². The van der Waals surface area contributed by atoms with Crippen molar-refractivity contribution in [1.29, 1.82) is 0 Å². The van der Waals surface area contributed by atoms with Crippen molar-refractivity contribution in [3.8, 4) is 0 Å². The van der Waals surface area contributed by atoms with Crippen LogP contribution in [0, 0.1) is 0 Å². The Bertz CT molecular complexity index is 443. The lowest BCUT2D eigenvalue weighted by molar-refractivity contribution is -0.137. The number of benzene rings is 1. The molecule has 1 heterocycles. The summed E-state index contributed by atoms with van der Waals surface area (Å²) in [7, 11) is 0. The van der Waals surface area contributed by atoms with E-state index < -0.39 is 5.97 Å². The molecule has 1 atom stereocenters. The van der Waals surface area contributed by atoms with E-state index in [1.807, 2.05) is 42.5 Å². The predicted molar refractivity (Wildman–Crippen MR) is 64.8 cm³/mol. The van der Waals surface area contributed by atoms with Crippen LogP contribution in [0.15, 0.2) is 54.9 Å². The van der Waals surface area contributed by atoms with E-state index in [1.165, 1.54) is 0 Å². The summed E-state index contributed by atoms with van der Waals surface area (Å²) in [6, 6.07) is 13.4. The van der Waals surface area contributed by atoms with E-state index in [0.29, 0.717) is 0 Å². The van der Waals surface area contributed by atoms with E-state index in [0.717, 1.165) is 11.1 Å². The third-order valence-corrected chi connectivity index (χ3v) is 2.69. The summed E-state index contributed by atoms with van der Waals surface area (Å²) >= 11 is 0. The van der Waals surface area contributed by atoms with Crippen molar-refractivity contribution in [2.24, 2.45) is 0 Å². The summed E-state index contributed by atoms with van der Waals surface area (Å²) in [6.45, 7) is 0. The zero-order chi connectivity index (χ0) is 12.1. The molecule has 3 heteroatoms. The topological polar surface area (TPSA) is 50.2 Å². The second-order valence-corrected chi connectivity index (χ2v) is 3.84. The number of carbonyl (C=O) groups is 1. The number of aromatic nitrogens is 1. The summed E-state index contributed by atoms with van der Waals surface area (Å²) < 4.78 is 0. The maximum Gasteiger partial charge on any atom is 0.304 e. The van der Waals surface area contributed by atoms with Crippen molar-refractivity contribution >= 4 is 5.97 Å². The minimum Gasteiger partial charge on any atom is -0.481 e. The lowest BCUT2D eigenvalue weighted by atomic mass is 9.89. The van der Waals surface area contributed by atoms with Crippen LogP contribution in [0.3, 0.4) is 0 Å². The van der Waals surface area contributed by atoms with Crippen molar-refractivity contribution in [3.05, 3.63) is 66.0 Å². The maximum atomic E-state index is 10.9. The molecule has 0 aliphatic rings. The fourth-order valence-corrected chi connectivity index (χ4v) is 1.88. The van der Waals surface area contributed by atoms with Crippen LogP contribution in [0.1, 0.15) is 23.5 Å². The highest BCUT2D eigenvalue weighted by atomic mass is 16.4. The zero-order valence-corrected chi connectivity index (χ0v) is 9.28. The summed E-state index contributed by atoms with van der Waals surface area (Å²) in [5, 5.41) is 8.99. The molecule has 86 valence electrons. The SMILES string of the molecule is O=C(O)C[C@@H](c1ccccc1)c1ccncc1. The molecule has 0 unspecified atom stereocenters. The molecular formula is C14H13NO2. The van der Waals surface area contributed by atoms with Crippen molar-refractivity contribution in [2.45, 2.75) is 12.3 Å². The monoisotopic (exact) mass is 227 g/mol. The lowest BCUT2D eigenvalue weighted by Gasteiger charge is -2.15. The van der Waals surface area contributed by atoms with Crippen LogP contribution in [0.4, 0.5) is 0 Å². The Morgan fingerprint density at radius 2 is 1.65 bits per heavy atom. The molecule has 0 aliphatic carbocycles. The van der Waals surface area contributed by atoms with Gasteiger partial charge in [-0.05, 0) is 23.3 Å². The average Bonchev–Trinajstić information content (AvgIpc) is 2.38. The highest BCUT2D eigenvalue weighted by Crippen LogP contribution is 2.27. The van der Waals surface area contributed by atoms with Gasteiger partial charge >= 0.3 is 5.97 Å². The normalized spacial score (nSPS) is 12.0. The molecule has 0 saturated carbocycles. The number of carboxylic acid groups (broad SMARTS) is 1. The molecule has 3 nitrogen and oxygen atoms in total. The van der Waals surface area contributed by atoms with Gasteiger partial charge < -0.3 is 5.11 Å². The van der Waals surface area contributed by atoms with Crippen molar-refractivity contribution in [1.82, 2.24) is 4.98 Å². The first kappa shape index (κ1) is 11.3. The number of hydrogen-bond acceptors (Lipinski definition) is 2. The second kappa shape index (κ2) is 5.25. The second-order valence-electron chi connectivity index (χ2n) is 3.84. The van der Waals surface area contributed by atoms with Gasteiger partial charge in [0.25, 0.3) is 0 Å². The summed E-state index contributed by atoms with van der Waals surface area (Å²) in [6.07, 6.45) is 3.47. The third kappa shape index (κ3) is 2.91. The molecule has 2 aromatic rings. The molecule has 1 aromatic heterocycles. The molecule has 1 aromatic carbocycles. The molecule has 0 spiro atoms. The highest BCUT2D eigenvalue weighted by Gasteiger charge is 2.17. The first-order chi connectivity index (χ1) is 8.27. The van der Waals surface area contributed by atoms with Crippen LogP contribution < -0.4 is 0 Å². The Kier molecular flexibility index (Phi) is 3.50. The molecule has 0 bridgehead atoms. The molecule has 0 aliphatic heterocycles. The van der Waals surface area contributed by atoms with E-state index in [9.17, 15) is 4.79 Å². The van der Waals surface area contributed by atoms with Crippen molar-refractivity contribution in [3.63, 3.8) is 0 Å². The average molecular weight is 227 g/mol. The quantitative estimate of drug-likeness (QED) is 0.873. The first-order valence-corrected chi connectivity index (χ1v) is 5.44. The standard InChI is InChI=1S/C14H13NO2/c16-14(17)10-13(11-4-2-1-3-5-11)12-6-8-15-9-7-12/h1-9,13H,10H2,(H,16,17)/t13-/m0/s1. The summed E-state index contributed by atoms with van der Waals surface area (Å²) in [4.78, 5) is 14.9. The zero-order valence-electron chi connectivity index (χ0n) is 9.28. The van der Waals surface area contributed by atoms with Gasteiger partial charge in [0.2, 0.25) is 0 Å². The maximum absolute atomic E-state index is 10.9. The molecular weight excluding hydrogens is 214 g/mol. The fraction of sp³-hybridized carbons (Fsp3) is 0.143. The Balaban J connectivity index is 2.36. The van der Waals surface area contributed by atoms with E-state index >= 15 is 0 Å². The van der Waals surface area contributed by atoms with Crippen molar-refractivity contribution < 1.29 is 9.90 Å². The van der Waals surface area contributed by atoms with Gasteiger partial charge in [-0.15, -0.1) is 0 Å². The van der Waals surface area contributed by atoms with Crippen LogP contribution >= 0.6 is 0 Å². The minimum absolute atomic E-state index is 0.0913. The fourth-order valence-electron chi connectivity index (χ4n) is 1.88. The molecule has 0 fully saturated rings. The smallest absolute Gasteiger partial charge is 0.304 e. The van der Waals surface area contributed by atoms with E-state index in [1.54, 1.807) is 12.4 Å². The summed E-state index contributed by atoms with van der Waals surface area (Å²) in [5.41, 5.74) is 2.00. The number of rotatable bonds is 4. The van der Waals surface area contributed by atoms with Crippen LogP contribution in [0.2, 0.25) is 0 Å². The number of aliphatic carboxylic acids is 1. The van der Waals surface area contributed by atoms with Crippen LogP contribution in [0.5, 0.6) is 0 Å². The number of nitrogens with zero attached hydrogens (tertiary/aromatic N) is 1. The molecule has 1 N–H and O–H groups in total. The van der Waals surface area contributed by atoms with Gasteiger partial charge in [-0.2, -0.15) is 0 Å². The number of hydrogen-bond donors (Lipinski definition) is 1. The van der Waals surface area contributed by atoms with Gasteiger partial charge in [0.15, 0.2) is 0 Å². The Labute approximate surface area is 99.8 Å². The molecule has 0 saturated heterocycles. The Hall–Kier alpha value is -2.16. The van der Waals surface area contributed by atoms with Gasteiger partial charge in [0, 0.05) is 18.3 Å². The van der Waals surface area contributed by atoms with Gasteiger partial charge in [-0.1, -0.05) is 30.3 Å². The molecule has 2 rings (SSSR count). The van der Waals surface area contributed by atoms with Gasteiger partial charge in [0.1, 0.15) is 0 Å². The van der Waals surface area contributed by atoms with Gasteiger partial charge in [0.05, 0.1) is 6.42 Å². The number of pyridine rings is 1. The summed E-state index contributed by atoms with van der Waals surface area (Å²) in [5.74, 6) is -0.910.